The second kappa shape index (κ2) is 7.37. The number of nitrogens with one attached hydrogen (secondary N) is 1. The van der Waals surface area contributed by atoms with E-state index < -0.39 is 6.10 Å². The van der Waals surface area contributed by atoms with Gasteiger partial charge in [0.15, 0.2) is 0 Å². The molecule has 1 fully saturated rings. The lowest BCUT2D eigenvalue weighted by molar-refractivity contribution is -0.128. The van der Waals surface area contributed by atoms with Crippen molar-refractivity contribution in [3.63, 3.8) is 0 Å². The molecule has 1 aliphatic heterocycles. The summed E-state index contributed by atoms with van der Waals surface area (Å²) in [6, 6.07) is 6.02. The average Bonchev–Trinajstić information content (AvgIpc) is 3.23. The lowest BCUT2D eigenvalue weighted by Gasteiger charge is -2.21. The van der Waals surface area contributed by atoms with Crippen LogP contribution in [0.2, 0.25) is 0 Å². The third-order valence-electron chi connectivity index (χ3n) is 3.82. The molecule has 4 nitrogen and oxygen atoms in total. The molecule has 0 saturated carbocycles. The van der Waals surface area contributed by atoms with Crippen LogP contribution in [0.3, 0.4) is 0 Å². The van der Waals surface area contributed by atoms with Crippen molar-refractivity contribution in [2.75, 3.05) is 19.8 Å². The summed E-state index contributed by atoms with van der Waals surface area (Å²) >= 11 is 3.23. The number of amides is 1. The molecule has 2 aromatic heterocycles. The summed E-state index contributed by atoms with van der Waals surface area (Å²) < 4.78 is 5.26. The summed E-state index contributed by atoms with van der Waals surface area (Å²) in [5.41, 5.74) is 1.18. The molecule has 118 valence electrons. The SMILES string of the molecule is O=C(NCC(O)c1ccc(-c2ccsc2)s1)C1CCOCC1. The number of carbonyl (C=O) groups is 1. The molecule has 0 radical (unpaired) electrons. The van der Waals surface area contributed by atoms with E-state index in [0.29, 0.717) is 13.2 Å². The van der Waals surface area contributed by atoms with Gasteiger partial charge in [-0.2, -0.15) is 11.3 Å². The maximum absolute atomic E-state index is 12.1. The Morgan fingerprint density at radius 3 is 2.91 bits per heavy atom. The molecule has 0 aromatic carbocycles. The largest absolute Gasteiger partial charge is 0.386 e. The van der Waals surface area contributed by atoms with Crippen LogP contribution >= 0.6 is 22.7 Å². The Labute approximate surface area is 137 Å². The van der Waals surface area contributed by atoms with Crippen molar-refractivity contribution in [3.8, 4) is 10.4 Å². The lowest BCUT2D eigenvalue weighted by atomic mass is 9.99. The fourth-order valence-electron chi connectivity index (χ4n) is 2.49. The standard InChI is InChI=1S/C16H19NO3S2/c18-13(9-17-16(19)11-3-6-20-7-4-11)15-2-1-14(22-15)12-5-8-21-10-12/h1-2,5,8,10-11,13,18H,3-4,6-7,9H2,(H,17,19). The van der Waals surface area contributed by atoms with Gasteiger partial charge in [0.25, 0.3) is 0 Å². The number of aliphatic hydroxyl groups excluding tert-OH is 1. The fraction of sp³-hybridized carbons (Fsp3) is 0.438. The summed E-state index contributed by atoms with van der Waals surface area (Å²) in [6.07, 6.45) is 0.883. The van der Waals surface area contributed by atoms with Gasteiger partial charge in [-0.05, 0) is 41.8 Å². The van der Waals surface area contributed by atoms with Gasteiger partial charge in [0.05, 0.1) is 0 Å². The minimum atomic E-state index is -0.652. The van der Waals surface area contributed by atoms with E-state index >= 15 is 0 Å². The third kappa shape index (κ3) is 3.76. The van der Waals surface area contributed by atoms with Crippen LogP contribution in [-0.2, 0) is 9.53 Å². The first kappa shape index (κ1) is 15.7. The minimum Gasteiger partial charge on any atom is -0.386 e. The van der Waals surface area contributed by atoms with E-state index in [4.69, 9.17) is 4.74 Å². The molecule has 6 heteroatoms. The Balaban J connectivity index is 1.53. The number of ether oxygens (including phenoxy) is 1. The van der Waals surface area contributed by atoms with Crippen LogP contribution in [-0.4, -0.2) is 30.8 Å². The zero-order valence-electron chi connectivity index (χ0n) is 12.2. The first-order valence-electron chi connectivity index (χ1n) is 7.40. The van der Waals surface area contributed by atoms with Crippen molar-refractivity contribution in [1.29, 1.82) is 0 Å². The molecule has 3 heterocycles. The van der Waals surface area contributed by atoms with Gasteiger partial charge in [0, 0.05) is 41.0 Å². The predicted molar refractivity (Wildman–Crippen MR) is 89.1 cm³/mol. The van der Waals surface area contributed by atoms with E-state index in [2.05, 4.69) is 16.8 Å². The van der Waals surface area contributed by atoms with Crippen LogP contribution in [0.15, 0.2) is 29.0 Å². The van der Waals surface area contributed by atoms with Crippen molar-refractivity contribution in [1.82, 2.24) is 5.32 Å². The van der Waals surface area contributed by atoms with Gasteiger partial charge in [-0.1, -0.05) is 0 Å². The molecule has 2 N–H and O–H groups in total. The zero-order valence-corrected chi connectivity index (χ0v) is 13.8. The number of aliphatic hydroxyl groups is 1. The molecule has 1 atom stereocenters. The van der Waals surface area contributed by atoms with Gasteiger partial charge in [-0.15, -0.1) is 11.3 Å². The van der Waals surface area contributed by atoms with Gasteiger partial charge in [0.2, 0.25) is 5.91 Å². The van der Waals surface area contributed by atoms with Gasteiger partial charge < -0.3 is 15.2 Å². The topological polar surface area (TPSA) is 58.6 Å². The average molecular weight is 337 g/mol. The van der Waals surface area contributed by atoms with Gasteiger partial charge >= 0.3 is 0 Å². The number of hydrogen-bond acceptors (Lipinski definition) is 5. The molecule has 1 unspecified atom stereocenters. The van der Waals surface area contributed by atoms with E-state index in [1.165, 1.54) is 5.56 Å². The molecular weight excluding hydrogens is 318 g/mol. The highest BCUT2D eigenvalue weighted by Crippen LogP contribution is 2.32. The van der Waals surface area contributed by atoms with Gasteiger partial charge in [-0.3, -0.25) is 4.79 Å². The van der Waals surface area contributed by atoms with Crippen LogP contribution < -0.4 is 5.32 Å². The van der Waals surface area contributed by atoms with Crippen molar-refractivity contribution in [2.45, 2.75) is 18.9 Å². The molecule has 1 saturated heterocycles. The molecule has 1 aliphatic rings. The van der Waals surface area contributed by atoms with E-state index in [1.54, 1.807) is 22.7 Å². The van der Waals surface area contributed by atoms with Crippen molar-refractivity contribution >= 4 is 28.6 Å². The first-order chi connectivity index (χ1) is 10.7. The lowest BCUT2D eigenvalue weighted by Crippen LogP contribution is -2.36. The third-order valence-corrected chi connectivity index (χ3v) is 5.74. The zero-order chi connectivity index (χ0) is 15.4. The van der Waals surface area contributed by atoms with E-state index in [1.807, 2.05) is 17.5 Å². The Morgan fingerprint density at radius 1 is 1.36 bits per heavy atom. The second-order valence-electron chi connectivity index (χ2n) is 5.36. The second-order valence-corrected chi connectivity index (χ2v) is 7.26. The van der Waals surface area contributed by atoms with Crippen LogP contribution in [0.1, 0.15) is 23.8 Å². The number of rotatable bonds is 5. The summed E-state index contributed by atoms with van der Waals surface area (Å²) in [4.78, 5) is 14.1. The highest BCUT2D eigenvalue weighted by Gasteiger charge is 2.22. The molecule has 3 rings (SSSR count). The summed E-state index contributed by atoms with van der Waals surface area (Å²) in [5.74, 6) is 0.0441. The normalized spacial score (nSPS) is 17.3. The van der Waals surface area contributed by atoms with E-state index in [9.17, 15) is 9.90 Å². The van der Waals surface area contributed by atoms with Gasteiger partial charge in [0.1, 0.15) is 6.10 Å². The Bertz CT molecular complexity index is 603. The Morgan fingerprint density at radius 2 is 2.18 bits per heavy atom. The van der Waals surface area contributed by atoms with Crippen LogP contribution in [0.25, 0.3) is 10.4 Å². The number of hydrogen-bond donors (Lipinski definition) is 2. The van der Waals surface area contributed by atoms with Crippen LogP contribution in [0.4, 0.5) is 0 Å². The molecule has 22 heavy (non-hydrogen) atoms. The van der Waals surface area contributed by atoms with Crippen LogP contribution in [0, 0.1) is 5.92 Å². The highest BCUT2D eigenvalue weighted by molar-refractivity contribution is 7.16. The van der Waals surface area contributed by atoms with Crippen molar-refractivity contribution in [2.24, 2.45) is 5.92 Å². The van der Waals surface area contributed by atoms with Crippen molar-refractivity contribution in [3.05, 3.63) is 33.8 Å². The maximum atomic E-state index is 12.1. The van der Waals surface area contributed by atoms with Crippen molar-refractivity contribution < 1.29 is 14.6 Å². The monoisotopic (exact) mass is 337 g/mol. The molecule has 1 amide bonds. The summed E-state index contributed by atoms with van der Waals surface area (Å²) in [5, 5.41) is 17.2. The summed E-state index contributed by atoms with van der Waals surface area (Å²) in [6.45, 7) is 1.56. The van der Waals surface area contributed by atoms with E-state index in [0.717, 1.165) is 22.6 Å². The molecular formula is C16H19NO3S2. The number of carbonyl (C=O) groups excluding carboxylic acids is 1. The molecule has 0 bridgehead atoms. The molecule has 0 aliphatic carbocycles. The fourth-order valence-corrected chi connectivity index (χ4v) is 4.21. The predicted octanol–water partition coefficient (Wildman–Crippen LogP) is 3.05. The Kier molecular flexibility index (Phi) is 5.25. The van der Waals surface area contributed by atoms with E-state index in [-0.39, 0.29) is 18.4 Å². The first-order valence-corrected chi connectivity index (χ1v) is 9.16. The highest BCUT2D eigenvalue weighted by atomic mass is 32.1. The maximum Gasteiger partial charge on any atom is 0.223 e. The smallest absolute Gasteiger partial charge is 0.223 e. The molecule has 2 aromatic rings. The molecule has 0 spiro atoms. The van der Waals surface area contributed by atoms with Gasteiger partial charge in [-0.25, -0.2) is 0 Å². The quantitative estimate of drug-likeness (QED) is 0.881. The minimum absolute atomic E-state index is 0.0191. The van der Waals surface area contributed by atoms with Crippen LogP contribution in [0.5, 0.6) is 0 Å². The number of thiophene rings is 2. The Hall–Kier alpha value is -1.21. The summed E-state index contributed by atoms with van der Waals surface area (Å²) in [7, 11) is 0.